The summed E-state index contributed by atoms with van der Waals surface area (Å²) in [4.78, 5) is 4.39. The highest BCUT2D eigenvalue weighted by Crippen LogP contribution is 2.16. The van der Waals surface area contributed by atoms with E-state index in [1.807, 2.05) is 54.9 Å². The first kappa shape index (κ1) is 13.2. The van der Waals surface area contributed by atoms with E-state index in [0.29, 0.717) is 12.4 Å². The van der Waals surface area contributed by atoms with E-state index in [-0.39, 0.29) is 0 Å². The van der Waals surface area contributed by atoms with Crippen molar-refractivity contribution in [2.75, 3.05) is 12.4 Å². The van der Waals surface area contributed by atoms with Gasteiger partial charge in [0.25, 0.3) is 0 Å². The monoisotopic (exact) mass is 279 g/mol. The molecule has 0 saturated heterocycles. The van der Waals surface area contributed by atoms with Gasteiger partial charge >= 0.3 is 0 Å². The standard InChI is InChI=1S/C17H17N3O/c1-21-17-9-5-7-15(19-17)13-18-14-6-4-8-16(12-14)20-10-2-3-11-20/h2-12,18H,13H2,1H3. The molecule has 4 nitrogen and oxygen atoms in total. The van der Waals surface area contributed by atoms with Crippen molar-refractivity contribution in [3.8, 4) is 11.6 Å². The molecular formula is C17H17N3O. The topological polar surface area (TPSA) is 39.1 Å². The van der Waals surface area contributed by atoms with Crippen LogP contribution in [0.2, 0.25) is 0 Å². The van der Waals surface area contributed by atoms with E-state index in [1.54, 1.807) is 7.11 Å². The quantitative estimate of drug-likeness (QED) is 0.777. The third-order valence-electron chi connectivity index (χ3n) is 3.21. The third kappa shape index (κ3) is 3.23. The molecule has 0 amide bonds. The minimum Gasteiger partial charge on any atom is -0.481 e. The average Bonchev–Trinajstić information content (AvgIpc) is 3.08. The van der Waals surface area contributed by atoms with Gasteiger partial charge in [0.15, 0.2) is 0 Å². The predicted octanol–water partition coefficient (Wildman–Crippen LogP) is 3.49. The summed E-state index contributed by atoms with van der Waals surface area (Å²) in [6.45, 7) is 0.659. The van der Waals surface area contributed by atoms with Crippen LogP contribution in [-0.4, -0.2) is 16.7 Å². The van der Waals surface area contributed by atoms with Crippen molar-refractivity contribution in [3.63, 3.8) is 0 Å². The second-order valence-electron chi connectivity index (χ2n) is 4.67. The number of hydrogen-bond acceptors (Lipinski definition) is 3. The van der Waals surface area contributed by atoms with Crippen LogP contribution in [-0.2, 0) is 6.54 Å². The van der Waals surface area contributed by atoms with Gasteiger partial charge in [-0.1, -0.05) is 12.1 Å². The van der Waals surface area contributed by atoms with Crippen LogP contribution in [0.5, 0.6) is 5.88 Å². The Morgan fingerprint density at radius 1 is 1.05 bits per heavy atom. The van der Waals surface area contributed by atoms with Crippen molar-refractivity contribution in [2.24, 2.45) is 0 Å². The number of aromatic nitrogens is 2. The third-order valence-corrected chi connectivity index (χ3v) is 3.21. The van der Waals surface area contributed by atoms with E-state index in [2.05, 4.69) is 27.0 Å². The number of methoxy groups -OCH3 is 1. The van der Waals surface area contributed by atoms with Crippen LogP contribution in [0, 0.1) is 0 Å². The SMILES string of the molecule is COc1cccc(CNc2cccc(-n3cccc3)c2)n1. The van der Waals surface area contributed by atoms with Gasteiger partial charge in [-0.15, -0.1) is 0 Å². The molecule has 106 valence electrons. The van der Waals surface area contributed by atoms with Gasteiger partial charge in [0.1, 0.15) is 0 Å². The molecule has 0 atom stereocenters. The summed E-state index contributed by atoms with van der Waals surface area (Å²) in [6, 6.07) is 18.1. The Labute approximate surface area is 124 Å². The molecule has 1 aromatic carbocycles. The number of benzene rings is 1. The van der Waals surface area contributed by atoms with Crippen LogP contribution in [0.1, 0.15) is 5.69 Å². The minimum absolute atomic E-state index is 0.635. The van der Waals surface area contributed by atoms with E-state index in [9.17, 15) is 0 Å². The van der Waals surface area contributed by atoms with Gasteiger partial charge in [0.05, 0.1) is 19.3 Å². The molecule has 21 heavy (non-hydrogen) atoms. The summed E-state index contributed by atoms with van der Waals surface area (Å²) in [7, 11) is 1.63. The second kappa shape index (κ2) is 6.13. The molecule has 0 spiro atoms. The van der Waals surface area contributed by atoms with Gasteiger partial charge in [-0.3, -0.25) is 0 Å². The van der Waals surface area contributed by atoms with Crippen LogP contribution in [0.3, 0.4) is 0 Å². The molecule has 3 aromatic rings. The Bertz CT molecular complexity index is 708. The van der Waals surface area contributed by atoms with Gasteiger partial charge in [-0.05, 0) is 36.4 Å². The van der Waals surface area contributed by atoms with E-state index >= 15 is 0 Å². The number of hydrogen-bond donors (Lipinski definition) is 1. The largest absolute Gasteiger partial charge is 0.481 e. The number of ether oxygens (including phenoxy) is 1. The first-order valence-corrected chi connectivity index (χ1v) is 6.82. The van der Waals surface area contributed by atoms with Gasteiger partial charge in [-0.25, -0.2) is 4.98 Å². The van der Waals surface area contributed by atoms with Crippen molar-refractivity contribution >= 4 is 5.69 Å². The molecule has 4 heteroatoms. The number of nitrogens with zero attached hydrogens (tertiary/aromatic N) is 2. The maximum Gasteiger partial charge on any atom is 0.213 e. The van der Waals surface area contributed by atoms with Gasteiger partial charge in [0.2, 0.25) is 5.88 Å². The highest BCUT2D eigenvalue weighted by molar-refractivity contribution is 5.51. The Morgan fingerprint density at radius 2 is 1.86 bits per heavy atom. The smallest absolute Gasteiger partial charge is 0.213 e. The molecule has 0 aliphatic rings. The molecule has 0 saturated carbocycles. The van der Waals surface area contributed by atoms with Gasteiger partial charge in [-0.2, -0.15) is 0 Å². The van der Waals surface area contributed by atoms with Crippen molar-refractivity contribution in [1.82, 2.24) is 9.55 Å². The normalized spacial score (nSPS) is 10.3. The van der Waals surface area contributed by atoms with E-state index in [0.717, 1.165) is 17.1 Å². The molecule has 3 rings (SSSR count). The zero-order valence-corrected chi connectivity index (χ0v) is 11.9. The molecule has 0 aliphatic carbocycles. The Morgan fingerprint density at radius 3 is 2.67 bits per heavy atom. The first-order valence-electron chi connectivity index (χ1n) is 6.82. The number of pyridine rings is 1. The molecule has 1 N–H and O–H groups in total. The Kier molecular flexibility index (Phi) is 3.87. The lowest BCUT2D eigenvalue weighted by Crippen LogP contribution is -2.03. The van der Waals surface area contributed by atoms with Crippen molar-refractivity contribution < 1.29 is 4.74 Å². The molecular weight excluding hydrogens is 262 g/mol. The van der Waals surface area contributed by atoms with E-state index < -0.39 is 0 Å². The van der Waals surface area contributed by atoms with Gasteiger partial charge in [0, 0.05) is 29.8 Å². The van der Waals surface area contributed by atoms with Crippen LogP contribution < -0.4 is 10.1 Å². The molecule has 0 radical (unpaired) electrons. The van der Waals surface area contributed by atoms with Crippen LogP contribution >= 0.6 is 0 Å². The van der Waals surface area contributed by atoms with Crippen molar-refractivity contribution in [1.29, 1.82) is 0 Å². The summed E-state index contributed by atoms with van der Waals surface area (Å²) < 4.78 is 7.21. The highest BCUT2D eigenvalue weighted by atomic mass is 16.5. The maximum absolute atomic E-state index is 5.13. The van der Waals surface area contributed by atoms with Crippen LogP contribution in [0.25, 0.3) is 5.69 Å². The lowest BCUT2D eigenvalue weighted by molar-refractivity contribution is 0.396. The maximum atomic E-state index is 5.13. The van der Waals surface area contributed by atoms with Gasteiger partial charge < -0.3 is 14.6 Å². The van der Waals surface area contributed by atoms with Crippen molar-refractivity contribution in [2.45, 2.75) is 6.54 Å². The molecule has 0 unspecified atom stereocenters. The van der Waals surface area contributed by atoms with E-state index in [1.165, 1.54) is 0 Å². The van der Waals surface area contributed by atoms with Crippen LogP contribution in [0.15, 0.2) is 67.0 Å². The predicted molar refractivity (Wildman–Crippen MR) is 83.9 cm³/mol. The number of nitrogens with one attached hydrogen (secondary N) is 1. The minimum atomic E-state index is 0.635. The Balaban J connectivity index is 1.72. The van der Waals surface area contributed by atoms with E-state index in [4.69, 9.17) is 4.74 Å². The second-order valence-corrected chi connectivity index (χ2v) is 4.67. The summed E-state index contributed by atoms with van der Waals surface area (Å²) in [5, 5.41) is 3.38. The first-order chi connectivity index (χ1) is 10.3. The lowest BCUT2D eigenvalue weighted by atomic mass is 10.2. The fraction of sp³-hybridized carbons (Fsp3) is 0.118. The average molecular weight is 279 g/mol. The zero-order valence-electron chi connectivity index (χ0n) is 11.9. The van der Waals surface area contributed by atoms with Crippen molar-refractivity contribution in [3.05, 3.63) is 72.7 Å². The lowest BCUT2D eigenvalue weighted by Gasteiger charge is -2.09. The number of rotatable bonds is 5. The molecule has 2 heterocycles. The Hall–Kier alpha value is -2.75. The fourth-order valence-electron chi connectivity index (χ4n) is 2.15. The summed E-state index contributed by atoms with van der Waals surface area (Å²) in [5.41, 5.74) is 3.13. The highest BCUT2D eigenvalue weighted by Gasteiger charge is 2.00. The molecule has 0 fully saturated rings. The summed E-state index contributed by atoms with van der Waals surface area (Å²) >= 11 is 0. The summed E-state index contributed by atoms with van der Waals surface area (Å²) in [6.07, 6.45) is 4.06. The van der Waals surface area contributed by atoms with Crippen LogP contribution in [0.4, 0.5) is 5.69 Å². The molecule has 2 aromatic heterocycles. The molecule has 0 aliphatic heterocycles. The molecule has 0 bridgehead atoms. The number of anilines is 1. The summed E-state index contributed by atoms with van der Waals surface area (Å²) in [5.74, 6) is 0.635. The zero-order chi connectivity index (χ0) is 14.5. The fourth-order valence-corrected chi connectivity index (χ4v) is 2.15.